The van der Waals surface area contributed by atoms with Crippen molar-refractivity contribution in [3.63, 3.8) is 0 Å². The third kappa shape index (κ3) is 4.80. The molecule has 0 unspecified atom stereocenters. The van der Waals surface area contributed by atoms with E-state index < -0.39 is 0 Å². The van der Waals surface area contributed by atoms with Crippen molar-refractivity contribution >= 4 is 22.6 Å². The Morgan fingerprint density at radius 1 is 1.19 bits per heavy atom. The highest BCUT2D eigenvalue weighted by atomic mass is 127. The number of nitrogens with zero attached hydrogens (tertiary/aromatic N) is 1. The van der Waals surface area contributed by atoms with Crippen molar-refractivity contribution in [3.8, 4) is 0 Å². The summed E-state index contributed by atoms with van der Waals surface area (Å²) in [4.78, 5) is 2.43. The van der Waals surface area contributed by atoms with E-state index >= 15 is 0 Å². The monoisotopic (exact) mass is 332 g/mol. The van der Waals surface area contributed by atoms with Crippen LogP contribution in [0.25, 0.3) is 0 Å². The third-order valence-electron chi connectivity index (χ3n) is 2.77. The molecule has 1 aromatic rings. The highest BCUT2D eigenvalue weighted by Crippen LogP contribution is 2.10. The topological polar surface area (TPSA) is 15.3 Å². The summed E-state index contributed by atoms with van der Waals surface area (Å²) in [6.45, 7) is 9.87. The molecule has 0 heterocycles. The van der Waals surface area contributed by atoms with Crippen LogP contribution in [0.1, 0.15) is 19.4 Å². The van der Waals surface area contributed by atoms with E-state index in [1.165, 1.54) is 9.13 Å². The fourth-order valence-electron chi connectivity index (χ4n) is 1.64. The molecule has 1 N–H and O–H groups in total. The van der Waals surface area contributed by atoms with Gasteiger partial charge in [0, 0.05) is 23.2 Å². The maximum atomic E-state index is 3.50. The average molecular weight is 332 g/mol. The number of halogens is 1. The predicted molar refractivity (Wildman–Crippen MR) is 78.7 cm³/mol. The van der Waals surface area contributed by atoms with Gasteiger partial charge in [0.25, 0.3) is 0 Å². The number of rotatable bonds is 7. The number of benzene rings is 1. The lowest BCUT2D eigenvalue weighted by atomic mass is 10.2. The van der Waals surface area contributed by atoms with Gasteiger partial charge in [-0.3, -0.25) is 0 Å². The van der Waals surface area contributed by atoms with Crippen LogP contribution in [0.5, 0.6) is 0 Å². The summed E-state index contributed by atoms with van der Waals surface area (Å²) in [5.74, 6) is 0. The van der Waals surface area contributed by atoms with E-state index in [9.17, 15) is 0 Å². The van der Waals surface area contributed by atoms with Gasteiger partial charge in [-0.15, -0.1) is 0 Å². The number of likely N-dealkylation sites (N-methyl/N-ethyl adjacent to an activating group) is 1. The van der Waals surface area contributed by atoms with E-state index in [1.807, 2.05) is 0 Å². The van der Waals surface area contributed by atoms with Gasteiger partial charge in [0.05, 0.1) is 0 Å². The molecule has 1 aromatic carbocycles. The second-order valence-electron chi connectivity index (χ2n) is 3.80. The highest BCUT2D eigenvalue weighted by Gasteiger charge is 1.99. The van der Waals surface area contributed by atoms with Gasteiger partial charge in [0.2, 0.25) is 0 Å². The van der Waals surface area contributed by atoms with Gasteiger partial charge in [0.15, 0.2) is 0 Å². The largest absolute Gasteiger partial charge is 0.311 e. The van der Waals surface area contributed by atoms with Gasteiger partial charge < -0.3 is 10.2 Å². The molecule has 90 valence electrons. The number of hydrogen-bond acceptors (Lipinski definition) is 2. The first kappa shape index (κ1) is 13.9. The van der Waals surface area contributed by atoms with Crippen LogP contribution in [0.2, 0.25) is 0 Å². The van der Waals surface area contributed by atoms with Crippen molar-refractivity contribution in [2.75, 3.05) is 26.2 Å². The van der Waals surface area contributed by atoms with E-state index in [0.717, 1.165) is 32.7 Å². The van der Waals surface area contributed by atoms with Gasteiger partial charge in [-0.1, -0.05) is 32.0 Å². The second-order valence-corrected chi connectivity index (χ2v) is 4.96. The molecule has 0 atom stereocenters. The number of nitrogens with one attached hydrogen (secondary N) is 1. The Morgan fingerprint density at radius 3 is 2.50 bits per heavy atom. The van der Waals surface area contributed by atoms with E-state index in [0.29, 0.717) is 0 Å². The standard InChI is InChI=1S/C13H21IN2/c1-3-16(4-2)10-9-15-11-12-7-5-6-8-13(12)14/h5-8,15H,3-4,9-11H2,1-2H3. The predicted octanol–water partition coefficient (Wildman–Crippen LogP) is 2.72. The summed E-state index contributed by atoms with van der Waals surface area (Å²) in [6, 6.07) is 8.53. The molecule has 0 saturated carbocycles. The Labute approximate surface area is 113 Å². The summed E-state index contributed by atoms with van der Waals surface area (Å²) in [7, 11) is 0. The van der Waals surface area contributed by atoms with Crippen LogP contribution in [0.15, 0.2) is 24.3 Å². The first-order valence-corrected chi connectivity index (χ1v) is 7.02. The minimum Gasteiger partial charge on any atom is -0.311 e. The second kappa shape index (κ2) is 8.03. The Balaban J connectivity index is 2.23. The molecule has 0 amide bonds. The third-order valence-corrected chi connectivity index (χ3v) is 3.82. The Morgan fingerprint density at radius 2 is 1.88 bits per heavy atom. The van der Waals surface area contributed by atoms with Gasteiger partial charge >= 0.3 is 0 Å². The molecule has 3 heteroatoms. The zero-order valence-corrected chi connectivity index (χ0v) is 12.3. The van der Waals surface area contributed by atoms with Gasteiger partial charge in [-0.05, 0) is 47.3 Å². The summed E-state index contributed by atoms with van der Waals surface area (Å²) in [5.41, 5.74) is 1.39. The van der Waals surface area contributed by atoms with Crippen molar-refractivity contribution in [1.29, 1.82) is 0 Å². The van der Waals surface area contributed by atoms with Crippen molar-refractivity contribution in [2.24, 2.45) is 0 Å². The maximum Gasteiger partial charge on any atom is 0.0216 e. The highest BCUT2D eigenvalue weighted by molar-refractivity contribution is 14.1. The summed E-state index contributed by atoms with van der Waals surface area (Å²) < 4.78 is 1.34. The molecule has 0 aliphatic rings. The first-order valence-electron chi connectivity index (χ1n) is 5.94. The van der Waals surface area contributed by atoms with Crippen LogP contribution in [0, 0.1) is 3.57 Å². The zero-order valence-electron chi connectivity index (χ0n) is 10.2. The molecule has 0 aliphatic carbocycles. The quantitative estimate of drug-likeness (QED) is 0.610. The molecule has 2 nitrogen and oxygen atoms in total. The Bertz CT molecular complexity index is 298. The molecule has 0 bridgehead atoms. The van der Waals surface area contributed by atoms with Crippen LogP contribution in [0.3, 0.4) is 0 Å². The van der Waals surface area contributed by atoms with E-state index in [2.05, 4.69) is 70.9 Å². The molecule has 0 radical (unpaired) electrons. The SMILES string of the molecule is CCN(CC)CCNCc1ccccc1I. The fourth-order valence-corrected chi connectivity index (χ4v) is 2.22. The lowest BCUT2D eigenvalue weighted by Crippen LogP contribution is -2.31. The molecule has 0 aliphatic heterocycles. The Kier molecular flexibility index (Phi) is 7.00. The lowest BCUT2D eigenvalue weighted by molar-refractivity contribution is 0.302. The Hall–Kier alpha value is -0.130. The van der Waals surface area contributed by atoms with Crippen molar-refractivity contribution in [2.45, 2.75) is 20.4 Å². The van der Waals surface area contributed by atoms with Crippen molar-refractivity contribution < 1.29 is 0 Å². The van der Waals surface area contributed by atoms with E-state index in [1.54, 1.807) is 0 Å². The van der Waals surface area contributed by atoms with Gasteiger partial charge in [0.1, 0.15) is 0 Å². The average Bonchev–Trinajstić information content (AvgIpc) is 2.31. The molecule has 0 fully saturated rings. The normalized spacial score (nSPS) is 11.0. The van der Waals surface area contributed by atoms with Crippen molar-refractivity contribution in [3.05, 3.63) is 33.4 Å². The molecule has 1 rings (SSSR count). The molecular formula is C13H21IN2. The summed E-state index contributed by atoms with van der Waals surface area (Å²) >= 11 is 2.39. The summed E-state index contributed by atoms with van der Waals surface area (Å²) in [5, 5.41) is 3.50. The van der Waals surface area contributed by atoms with E-state index in [-0.39, 0.29) is 0 Å². The molecule has 0 spiro atoms. The van der Waals surface area contributed by atoms with Crippen LogP contribution in [-0.4, -0.2) is 31.1 Å². The van der Waals surface area contributed by atoms with Gasteiger partial charge in [-0.2, -0.15) is 0 Å². The van der Waals surface area contributed by atoms with Crippen LogP contribution in [0.4, 0.5) is 0 Å². The zero-order chi connectivity index (χ0) is 11.8. The van der Waals surface area contributed by atoms with Crippen LogP contribution in [-0.2, 0) is 6.54 Å². The molecule has 16 heavy (non-hydrogen) atoms. The van der Waals surface area contributed by atoms with Crippen molar-refractivity contribution in [1.82, 2.24) is 10.2 Å². The fraction of sp³-hybridized carbons (Fsp3) is 0.538. The first-order chi connectivity index (χ1) is 7.77. The number of hydrogen-bond donors (Lipinski definition) is 1. The van der Waals surface area contributed by atoms with Crippen LogP contribution >= 0.6 is 22.6 Å². The van der Waals surface area contributed by atoms with Crippen LogP contribution < -0.4 is 5.32 Å². The smallest absolute Gasteiger partial charge is 0.0216 e. The molecule has 0 aromatic heterocycles. The van der Waals surface area contributed by atoms with Gasteiger partial charge in [-0.25, -0.2) is 0 Å². The molecule has 0 saturated heterocycles. The lowest BCUT2D eigenvalue weighted by Gasteiger charge is -2.18. The molecular weight excluding hydrogens is 311 g/mol. The summed E-state index contributed by atoms with van der Waals surface area (Å²) in [6.07, 6.45) is 0. The minimum absolute atomic E-state index is 0.973. The minimum atomic E-state index is 0.973. The maximum absolute atomic E-state index is 3.50. The van der Waals surface area contributed by atoms with E-state index in [4.69, 9.17) is 0 Å².